The Balaban J connectivity index is 1.59. The van der Waals surface area contributed by atoms with Gasteiger partial charge in [0.1, 0.15) is 17.8 Å². The second-order valence-corrected chi connectivity index (χ2v) is 10.3. The quantitative estimate of drug-likeness (QED) is 0.279. The van der Waals surface area contributed by atoms with E-state index in [2.05, 4.69) is 15.0 Å². The topological polar surface area (TPSA) is 225 Å². The summed E-state index contributed by atoms with van der Waals surface area (Å²) in [7, 11) is 0. The molecule has 4 atom stereocenters. The summed E-state index contributed by atoms with van der Waals surface area (Å²) in [6.45, 7) is -0.0359. The molecule has 0 amide bonds. The zero-order valence-corrected chi connectivity index (χ0v) is 20.2. The van der Waals surface area contributed by atoms with Gasteiger partial charge in [-0.3, -0.25) is 23.9 Å². The highest BCUT2D eigenvalue weighted by atomic mass is 16.5. The van der Waals surface area contributed by atoms with Crippen molar-refractivity contribution in [3.63, 3.8) is 0 Å². The van der Waals surface area contributed by atoms with Gasteiger partial charge in [-0.05, 0) is 50.4 Å². The molecule has 0 aromatic carbocycles. The summed E-state index contributed by atoms with van der Waals surface area (Å²) in [6, 6.07) is 0. The summed E-state index contributed by atoms with van der Waals surface area (Å²) in [4.78, 5) is 46.9. The van der Waals surface area contributed by atoms with Gasteiger partial charge in [0.25, 0.3) is 5.56 Å². The van der Waals surface area contributed by atoms with E-state index in [1.54, 1.807) is 0 Å². The first-order chi connectivity index (χ1) is 17.0. The lowest BCUT2D eigenvalue weighted by molar-refractivity contribution is -0.149. The summed E-state index contributed by atoms with van der Waals surface area (Å²) in [5, 5.41) is 19.8. The smallest absolute Gasteiger partial charge is 0.323 e. The Morgan fingerprint density at radius 2 is 1.64 bits per heavy atom. The Hall–Kier alpha value is -3.03. The van der Waals surface area contributed by atoms with E-state index >= 15 is 0 Å². The van der Waals surface area contributed by atoms with Crippen LogP contribution in [0.1, 0.15) is 64.2 Å². The van der Waals surface area contributed by atoms with Crippen molar-refractivity contribution < 1.29 is 24.5 Å². The summed E-state index contributed by atoms with van der Waals surface area (Å²) in [6.07, 6.45) is 6.81. The van der Waals surface area contributed by atoms with Crippen LogP contribution < -0.4 is 22.8 Å². The van der Waals surface area contributed by atoms with Crippen LogP contribution in [0.3, 0.4) is 0 Å². The van der Waals surface area contributed by atoms with E-state index < -0.39 is 34.7 Å². The summed E-state index contributed by atoms with van der Waals surface area (Å²) in [5.74, 6) is -2.82. The number of hydrogen-bond acceptors (Lipinski definition) is 9. The number of anilines is 1. The number of ether oxygens (including phenoxy) is 1. The fourth-order valence-corrected chi connectivity index (χ4v) is 5.88. The number of hydrogen-bond donors (Lipinski definition) is 6. The lowest BCUT2D eigenvalue weighted by atomic mass is 9.68. The monoisotopic (exact) mass is 505 g/mol. The molecule has 2 aromatic rings. The lowest BCUT2D eigenvalue weighted by Crippen LogP contribution is -2.58. The molecule has 2 saturated carbocycles. The maximum absolute atomic E-state index is 12.1. The van der Waals surface area contributed by atoms with Crippen LogP contribution in [0.15, 0.2) is 11.1 Å². The van der Waals surface area contributed by atoms with Crippen LogP contribution in [0.4, 0.5) is 5.95 Å². The molecule has 36 heavy (non-hydrogen) atoms. The molecule has 9 N–H and O–H groups in total. The van der Waals surface area contributed by atoms with E-state index in [1.165, 1.54) is 10.9 Å². The third-order valence-electron chi connectivity index (χ3n) is 8.08. The SMILES string of the molecule is Nc1nc2c(ncn2COC(CC2CCCCC2(N)C(=O)O)CC2CCCCC2(N)C(=O)O)c(=O)[nH]1. The fourth-order valence-electron chi connectivity index (χ4n) is 5.88. The molecule has 0 saturated heterocycles. The van der Waals surface area contributed by atoms with Gasteiger partial charge in [0.05, 0.1) is 12.4 Å². The van der Waals surface area contributed by atoms with Gasteiger partial charge in [-0.25, -0.2) is 4.98 Å². The molecule has 4 unspecified atom stereocenters. The number of rotatable bonds is 9. The number of nitrogens with one attached hydrogen (secondary N) is 1. The molecule has 0 bridgehead atoms. The van der Waals surface area contributed by atoms with E-state index in [4.69, 9.17) is 21.9 Å². The first-order valence-electron chi connectivity index (χ1n) is 12.4. The third kappa shape index (κ3) is 4.95. The van der Waals surface area contributed by atoms with E-state index in [0.717, 1.165) is 25.7 Å². The molecular weight excluding hydrogens is 470 g/mol. The average molecular weight is 506 g/mol. The molecule has 13 heteroatoms. The first-order valence-corrected chi connectivity index (χ1v) is 12.4. The highest BCUT2D eigenvalue weighted by molar-refractivity contribution is 5.79. The number of aromatic nitrogens is 4. The Morgan fingerprint density at radius 3 is 2.17 bits per heavy atom. The van der Waals surface area contributed by atoms with E-state index in [1.807, 2.05) is 0 Å². The number of fused-ring (bicyclic) bond motifs is 1. The van der Waals surface area contributed by atoms with Gasteiger partial charge in [0.15, 0.2) is 11.2 Å². The van der Waals surface area contributed by atoms with E-state index in [9.17, 15) is 24.6 Å². The summed E-state index contributed by atoms with van der Waals surface area (Å²) in [5.41, 5.74) is 15.6. The number of nitrogen functional groups attached to an aromatic ring is 1. The molecule has 198 valence electrons. The second-order valence-electron chi connectivity index (χ2n) is 10.3. The molecular formula is C23H35N7O6. The highest BCUT2D eigenvalue weighted by Gasteiger charge is 2.47. The van der Waals surface area contributed by atoms with Crippen molar-refractivity contribution in [2.45, 2.75) is 88.1 Å². The maximum atomic E-state index is 12.1. The van der Waals surface area contributed by atoms with Crippen LogP contribution in [0.25, 0.3) is 11.2 Å². The minimum atomic E-state index is -1.37. The van der Waals surface area contributed by atoms with E-state index in [0.29, 0.717) is 38.5 Å². The van der Waals surface area contributed by atoms with Gasteiger partial charge >= 0.3 is 11.9 Å². The summed E-state index contributed by atoms with van der Waals surface area (Å²) >= 11 is 0. The maximum Gasteiger partial charge on any atom is 0.323 e. The van der Waals surface area contributed by atoms with Gasteiger partial charge in [-0.2, -0.15) is 4.98 Å². The van der Waals surface area contributed by atoms with Crippen LogP contribution in [-0.2, 0) is 21.1 Å². The van der Waals surface area contributed by atoms with Gasteiger partial charge in [0, 0.05) is 0 Å². The molecule has 0 aliphatic heterocycles. The number of carboxylic acid groups (broad SMARTS) is 2. The molecule has 0 spiro atoms. The molecule has 4 rings (SSSR count). The molecule has 0 radical (unpaired) electrons. The van der Waals surface area contributed by atoms with Crippen molar-refractivity contribution in [3.05, 3.63) is 16.7 Å². The molecule has 2 fully saturated rings. The second kappa shape index (κ2) is 10.1. The normalized spacial score (nSPS) is 29.7. The standard InChI is InChI=1S/C23H35N7O6/c24-21-28-17-16(18(31)29-21)27-11-30(17)12-36-15(9-13-5-1-3-7-22(13,25)19(32)33)10-14-6-2-4-8-23(14,26)20(34)35/h11,13-15H,1-10,12,25-26H2,(H,32,33)(H,34,35)(H3,24,28,29,31). The van der Waals surface area contributed by atoms with Gasteiger partial charge in [0.2, 0.25) is 5.95 Å². The van der Waals surface area contributed by atoms with Crippen LogP contribution in [0.5, 0.6) is 0 Å². The third-order valence-corrected chi connectivity index (χ3v) is 8.08. The van der Waals surface area contributed by atoms with Gasteiger partial charge in [-0.1, -0.05) is 25.7 Å². The lowest BCUT2D eigenvalue weighted by Gasteiger charge is -2.42. The molecule has 2 heterocycles. The fraction of sp³-hybridized carbons (Fsp3) is 0.696. The number of imidazole rings is 1. The predicted octanol–water partition coefficient (Wildman–Crippen LogP) is 0.769. The number of H-pyrrole nitrogens is 1. The van der Waals surface area contributed by atoms with Crippen molar-refractivity contribution in [2.24, 2.45) is 23.3 Å². The Bertz CT molecular complexity index is 1140. The average Bonchev–Trinajstić information content (AvgIpc) is 3.23. The van der Waals surface area contributed by atoms with Crippen molar-refractivity contribution in [1.29, 1.82) is 0 Å². The minimum absolute atomic E-state index is 0.0359. The molecule has 2 aliphatic rings. The van der Waals surface area contributed by atoms with Crippen molar-refractivity contribution in [3.8, 4) is 0 Å². The van der Waals surface area contributed by atoms with Crippen LogP contribution in [-0.4, -0.2) is 58.9 Å². The predicted molar refractivity (Wildman–Crippen MR) is 130 cm³/mol. The summed E-state index contributed by atoms with van der Waals surface area (Å²) < 4.78 is 7.80. The number of carboxylic acids is 2. The Labute approximate surface area is 207 Å². The molecule has 2 aliphatic carbocycles. The van der Waals surface area contributed by atoms with Crippen molar-refractivity contribution in [2.75, 3.05) is 5.73 Å². The first kappa shape index (κ1) is 26.0. The van der Waals surface area contributed by atoms with Crippen LogP contribution in [0.2, 0.25) is 0 Å². The van der Waals surface area contributed by atoms with Crippen LogP contribution >= 0.6 is 0 Å². The number of carbonyl (C=O) groups is 2. The Kier molecular flexibility index (Phi) is 7.34. The number of nitrogens with two attached hydrogens (primary N) is 3. The number of aromatic amines is 1. The molecule has 2 aromatic heterocycles. The highest BCUT2D eigenvalue weighted by Crippen LogP contribution is 2.40. The minimum Gasteiger partial charge on any atom is -0.480 e. The van der Waals surface area contributed by atoms with Crippen molar-refractivity contribution >= 4 is 29.1 Å². The van der Waals surface area contributed by atoms with Crippen LogP contribution in [0, 0.1) is 11.8 Å². The number of aliphatic carboxylic acids is 2. The van der Waals surface area contributed by atoms with Crippen molar-refractivity contribution in [1.82, 2.24) is 19.5 Å². The van der Waals surface area contributed by atoms with Gasteiger partial charge < -0.3 is 32.2 Å². The van der Waals surface area contributed by atoms with E-state index in [-0.39, 0.29) is 35.7 Å². The molecule has 13 nitrogen and oxygen atoms in total. The Morgan fingerprint density at radius 1 is 1.08 bits per heavy atom. The van der Waals surface area contributed by atoms with Gasteiger partial charge in [-0.15, -0.1) is 0 Å². The zero-order chi connectivity index (χ0) is 26.1. The largest absolute Gasteiger partial charge is 0.480 e. The zero-order valence-electron chi connectivity index (χ0n) is 20.2. The number of nitrogens with zero attached hydrogens (tertiary/aromatic N) is 3.